The van der Waals surface area contributed by atoms with E-state index < -0.39 is 16.1 Å². The van der Waals surface area contributed by atoms with E-state index in [-0.39, 0.29) is 10.8 Å². The number of carbonyl (C=O) groups excluding carboxylic acids is 1. The van der Waals surface area contributed by atoms with Crippen molar-refractivity contribution in [2.24, 2.45) is 0 Å². The third kappa shape index (κ3) is 4.31. The van der Waals surface area contributed by atoms with Crippen LogP contribution in [0.25, 0.3) is 0 Å². The lowest BCUT2D eigenvalue weighted by atomic mass is 10.1. The number of amides is 1. The van der Waals surface area contributed by atoms with Gasteiger partial charge in [-0.25, -0.2) is 8.42 Å². The van der Waals surface area contributed by atoms with Gasteiger partial charge in [0.05, 0.1) is 10.9 Å². The zero-order valence-corrected chi connectivity index (χ0v) is 13.2. The maximum Gasteiger partial charge on any atom is 0.241 e. The van der Waals surface area contributed by atoms with Gasteiger partial charge >= 0.3 is 0 Å². The topological polar surface area (TPSA) is 75.3 Å². The fraction of sp³-hybridized carbons (Fsp3) is 0.500. The molecule has 0 spiro atoms. The average molecular weight is 298 g/mol. The highest BCUT2D eigenvalue weighted by molar-refractivity contribution is 7.89. The van der Waals surface area contributed by atoms with E-state index in [1.807, 2.05) is 20.8 Å². The highest BCUT2D eigenvalue weighted by Crippen LogP contribution is 2.14. The van der Waals surface area contributed by atoms with Gasteiger partial charge in [0.2, 0.25) is 15.9 Å². The summed E-state index contributed by atoms with van der Waals surface area (Å²) < 4.78 is 26.8. The van der Waals surface area contributed by atoms with Crippen LogP contribution < -0.4 is 10.0 Å². The van der Waals surface area contributed by atoms with Crippen LogP contribution in [0.5, 0.6) is 0 Å². The van der Waals surface area contributed by atoms with Crippen LogP contribution in [-0.4, -0.2) is 26.9 Å². The fourth-order valence-corrected chi connectivity index (χ4v) is 2.92. The number of sulfonamides is 1. The molecular weight excluding hydrogens is 276 g/mol. The molecule has 5 nitrogen and oxygen atoms in total. The Labute approximate surface area is 120 Å². The molecule has 0 aromatic heterocycles. The van der Waals surface area contributed by atoms with Gasteiger partial charge in [0.15, 0.2) is 0 Å². The van der Waals surface area contributed by atoms with Crippen LogP contribution in [0.1, 0.15) is 31.4 Å². The van der Waals surface area contributed by atoms with E-state index in [9.17, 15) is 13.2 Å². The summed E-state index contributed by atoms with van der Waals surface area (Å²) in [6.07, 6.45) is 0.808. The Kier molecular flexibility index (Phi) is 5.71. The quantitative estimate of drug-likeness (QED) is 0.835. The lowest BCUT2D eigenvalue weighted by molar-refractivity contribution is -0.122. The minimum atomic E-state index is -3.68. The van der Waals surface area contributed by atoms with E-state index in [1.165, 1.54) is 6.92 Å². The third-order valence-corrected chi connectivity index (χ3v) is 4.60. The molecule has 1 aromatic rings. The molecule has 0 aliphatic rings. The van der Waals surface area contributed by atoms with Gasteiger partial charge in [-0.1, -0.05) is 13.0 Å². The SMILES string of the molecule is CCCNC(=O)[C@H](C)NS(=O)(=O)c1ccc(C)c(C)c1. The van der Waals surface area contributed by atoms with Crippen molar-refractivity contribution in [2.45, 2.75) is 45.1 Å². The standard InChI is InChI=1S/C14H22N2O3S/c1-5-8-15-14(17)12(4)16-20(18,19)13-7-6-10(2)11(3)9-13/h6-7,9,12,16H,5,8H2,1-4H3,(H,15,17)/t12-/m0/s1. The Morgan fingerprint density at radius 1 is 1.25 bits per heavy atom. The van der Waals surface area contributed by atoms with Crippen molar-refractivity contribution in [3.63, 3.8) is 0 Å². The van der Waals surface area contributed by atoms with Crippen LogP contribution in [0.2, 0.25) is 0 Å². The smallest absolute Gasteiger partial charge is 0.241 e. The Morgan fingerprint density at radius 3 is 2.45 bits per heavy atom. The first-order valence-corrected chi connectivity index (χ1v) is 8.13. The Morgan fingerprint density at radius 2 is 1.90 bits per heavy atom. The number of rotatable bonds is 6. The molecule has 0 bridgehead atoms. The molecule has 0 fully saturated rings. The van der Waals surface area contributed by atoms with E-state index in [0.717, 1.165) is 17.5 Å². The van der Waals surface area contributed by atoms with Crippen LogP contribution in [-0.2, 0) is 14.8 Å². The summed E-state index contributed by atoms with van der Waals surface area (Å²) in [7, 11) is -3.68. The first-order chi connectivity index (χ1) is 9.27. The van der Waals surface area contributed by atoms with Gasteiger partial charge in [-0.3, -0.25) is 4.79 Å². The van der Waals surface area contributed by atoms with Gasteiger partial charge in [0.1, 0.15) is 0 Å². The van der Waals surface area contributed by atoms with Gasteiger partial charge < -0.3 is 5.32 Å². The second-order valence-corrected chi connectivity index (χ2v) is 6.59. The maximum absolute atomic E-state index is 12.2. The lowest BCUT2D eigenvalue weighted by Gasteiger charge is -2.14. The third-order valence-electron chi connectivity index (χ3n) is 3.06. The number of benzene rings is 1. The summed E-state index contributed by atoms with van der Waals surface area (Å²) in [5.41, 5.74) is 1.92. The predicted molar refractivity (Wildman–Crippen MR) is 79.0 cm³/mol. The van der Waals surface area contributed by atoms with Gasteiger partial charge in [-0.15, -0.1) is 0 Å². The van der Waals surface area contributed by atoms with Crippen LogP contribution >= 0.6 is 0 Å². The van der Waals surface area contributed by atoms with Crippen molar-refractivity contribution in [1.29, 1.82) is 0 Å². The molecule has 112 valence electrons. The van der Waals surface area contributed by atoms with Crippen molar-refractivity contribution >= 4 is 15.9 Å². The number of carbonyl (C=O) groups is 1. The van der Waals surface area contributed by atoms with Gasteiger partial charge in [0.25, 0.3) is 0 Å². The molecule has 0 radical (unpaired) electrons. The Hall–Kier alpha value is -1.40. The molecule has 1 atom stereocenters. The summed E-state index contributed by atoms with van der Waals surface area (Å²) in [6, 6.07) is 4.11. The van der Waals surface area contributed by atoms with Gasteiger partial charge in [-0.05, 0) is 50.5 Å². The molecule has 0 heterocycles. The van der Waals surface area contributed by atoms with E-state index in [0.29, 0.717) is 6.54 Å². The molecular formula is C14H22N2O3S. The number of aryl methyl sites for hydroxylation is 2. The van der Waals surface area contributed by atoms with Crippen LogP contribution in [0, 0.1) is 13.8 Å². The molecule has 6 heteroatoms. The van der Waals surface area contributed by atoms with E-state index in [1.54, 1.807) is 18.2 Å². The average Bonchev–Trinajstić information content (AvgIpc) is 2.38. The van der Waals surface area contributed by atoms with Crippen molar-refractivity contribution in [3.8, 4) is 0 Å². The lowest BCUT2D eigenvalue weighted by Crippen LogP contribution is -2.44. The number of nitrogens with one attached hydrogen (secondary N) is 2. The molecule has 0 aliphatic heterocycles. The minimum absolute atomic E-state index is 0.177. The van der Waals surface area contributed by atoms with Crippen molar-refractivity contribution in [2.75, 3.05) is 6.54 Å². The molecule has 2 N–H and O–H groups in total. The first kappa shape index (κ1) is 16.7. The highest BCUT2D eigenvalue weighted by Gasteiger charge is 2.21. The Bertz CT molecular complexity index is 582. The molecule has 1 aromatic carbocycles. The molecule has 0 saturated carbocycles. The fourth-order valence-electron chi connectivity index (χ4n) is 1.64. The van der Waals surface area contributed by atoms with E-state index in [2.05, 4.69) is 10.0 Å². The molecule has 20 heavy (non-hydrogen) atoms. The highest BCUT2D eigenvalue weighted by atomic mass is 32.2. The molecule has 0 saturated heterocycles. The number of hydrogen-bond acceptors (Lipinski definition) is 3. The minimum Gasteiger partial charge on any atom is -0.355 e. The van der Waals surface area contributed by atoms with Crippen molar-refractivity contribution in [1.82, 2.24) is 10.0 Å². The summed E-state index contributed by atoms with van der Waals surface area (Å²) in [6.45, 7) is 7.77. The second-order valence-electron chi connectivity index (χ2n) is 4.88. The van der Waals surface area contributed by atoms with Crippen molar-refractivity contribution < 1.29 is 13.2 Å². The zero-order chi connectivity index (χ0) is 15.3. The monoisotopic (exact) mass is 298 g/mol. The van der Waals surface area contributed by atoms with E-state index in [4.69, 9.17) is 0 Å². The van der Waals surface area contributed by atoms with Crippen LogP contribution in [0.4, 0.5) is 0 Å². The van der Waals surface area contributed by atoms with Crippen molar-refractivity contribution in [3.05, 3.63) is 29.3 Å². The largest absolute Gasteiger partial charge is 0.355 e. The Balaban J connectivity index is 2.84. The zero-order valence-electron chi connectivity index (χ0n) is 12.4. The molecule has 1 rings (SSSR count). The second kappa shape index (κ2) is 6.85. The first-order valence-electron chi connectivity index (χ1n) is 6.65. The normalized spacial score (nSPS) is 13.0. The summed E-state index contributed by atoms with van der Waals surface area (Å²) >= 11 is 0. The van der Waals surface area contributed by atoms with Crippen LogP contribution in [0.15, 0.2) is 23.1 Å². The summed E-state index contributed by atoms with van der Waals surface area (Å²) in [5, 5.41) is 2.66. The maximum atomic E-state index is 12.2. The van der Waals surface area contributed by atoms with Gasteiger partial charge in [-0.2, -0.15) is 4.72 Å². The number of hydrogen-bond donors (Lipinski definition) is 2. The summed E-state index contributed by atoms with van der Waals surface area (Å²) in [4.78, 5) is 11.9. The molecule has 0 aliphatic carbocycles. The molecule has 0 unspecified atom stereocenters. The summed E-state index contributed by atoms with van der Waals surface area (Å²) in [5.74, 6) is -0.320. The van der Waals surface area contributed by atoms with Crippen LogP contribution in [0.3, 0.4) is 0 Å². The molecule has 1 amide bonds. The van der Waals surface area contributed by atoms with E-state index >= 15 is 0 Å². The predicted octanol–water partition coefficient (Wildman–Crippen LogP) is 1.50. The van der Waals surface area contributed by atoms with Gasteiger partial charge in [0, 0.05) is 6.54 Å².